The van der Waals surface area contributed by atoms with Gasteiger partial charge in [0.2, 0.25) is 11.8 Å². The Morgan fingerprint density at radius 1 is 1.04 bits per heavy atom. The molecule has 0 radical (unpaired) electrons. The van der Waals surface area contributed by atoms with Crippen LogP contribution in [0.3, 0.4) is 0 Å². The van der Waals surface area contributed by atoms with Crippen molar-refractivity contribution in [1.82, 2.24) is 4.90 Å². The van der Waals surface area contributed by atoms with Crippen molar-refractivity contribution < 1.29 is 29.0 Å². The van der Waals surface area contributed by atoms with E-state index in [9.17, 15) is 14.7 Å². The lowest BCUT2D eigenvalue weighted by Crippen LogP contribution is -2.59. The fraction of sp³-hybridized carbons (Fsp3) is 0.375. The molecule has 3 fully saturated rings. The van der Waals surface area contributed by atoms with Crippen LogP contribution in [0.25, 0.3) is 0 Å². The average molecular weight is 698 g/mol. The molecule has 9 nitrogen and oxygen atoms in total. The molecule has 0 aliphatic carbocycles. The highest BCUT2D eigenvalue weighted by molar-refractivity contribution is 6.34. The van der Waals surface area contributed by atoms with Crippen LogP contribution < -0.4 is 14.5 Å². The molecule has 3 amide bonds. The number of fused-ring (bicyclic) bond motifs is 1. The number of likely N-dealkylation sites (tertiary alicyclic amines) is 1. The van der Waals surface area contributed by atoms with E-state index in [0.717, 1.165) is 11.1 Å². The fourth-order valence-electron chi connectivity index (χ4n) is 8.24. The second-order valence-corrected chi connectivity index (χ2v) is 13.5. The highest BCUT2D eigenvalue weighted by atomic mass is 35.5. The molecule has 2 bridgehead atoms. The van der Waals surface area contributed by atoms with Crippen molar-refractivity contribution in [1.29, 1.82) is 0 Å². The molecule has 6 atom stereocenters. The van der Waals surface area contributed by atoms with Gasteiger partial charge < -0.3 is 29.3 Å². The number of hydrogen-bond acceptors (Lipinski definition) is 6. The third kappa shape index (κ3) is 6.12. The first-order valence-electron chi connectivity index (χ1n) is 17.2. The standard InChI is InChI=1S/C40H44ClN3O6/c1-5-22-42(28-16-18-30(19-17-28)49-7-3)37(46)33-32-20-21-40(50-32)34(33)38(47)44(29(25-45)24-27-13-9-8-10-14-27)36(40)39(48)43(23-6-2)35-26(4)12-11-15-31(35)41/h5-6,8-19,29,32-34,36,45H,1-2,7,20-25H2,3-4H3/t29-,32-,33+,34+,36?,40?/m1/s1. The van der Waals surface area contributed by atoms with Gasteiger partial charge in [-0.2, -0.15) is 0 Å². The summed E-state index contributed by atoms with van der Waals surface area (Å²) in [5.41, 5.74) is 1.53. The molecule has 6 rings (SSSR count). The number of carbonyl (C=O) groups excluding carboxylic acids is 3. The SMILES string of the molecule is C=CCN(C(=O)[C@@H]1[C@H]2C(=O)N([C@@H](CO)Cc3ccccc3)C(C(=O)N(CC=C)c3c(C)cccc3Cl)C23CC[C@H]1O3)c1ccc(OCC)cc1. The van der Waals surface area contributed by atoms with Gasteiger partial charge in [0.15, 0.2) is 0 Å². The molecule has 1 spiro atoms. The van der Waals surface area contributed by atoms with Gasteiger partial charge in [-0.25, -0.2) is 0 Å². The number of benzene rings is 3. The van der Waals surface area contributed by atoms with Gasteiger partial charge in [-0.3, -0.25) is 14.4 Å². The van der Waals surface area contributed by atoms with E-state index in [1.54, 1.807) is 40.2 Å². The average Bonchev–Trinajstić information content (AvgIpc) is 3.77. The molecule has 50 heavy (non-hydrogen) atoms. The molecular formula is C40H44ClN3O6. The number of rotatable bonds is 14. The van der Waals surface area contributed by atoms with Crippen LogP contribution in [0.1, 0.15) is 30.9 Å². The number of hydrogen-bond donors (Lipinski definition) is 1. The maximum absolute atomic E-state index is 15.2. The molecule has 3 saturated heterocycles. The number of halogens is 1. The summed E-state index contributed by atoms with van der Waals surface area (Å²) in [6.45, 7) is 12.0. The summed E-state index contributed by atoms with van der Waals surface area (Å²) in [5.74, 6) is -2.17. The molecule has 0 aromatic heterocycles. The number of para-hydroxylation sites is 1. The molecule has 3 heterocycles. The third-order valence-corrected chi connectivity index (χ3v) is 10.6. The van der Waals surface area contributed by atoms with E-state index >= 15 is 4.79 Å². The Bertz CT molecular complexity index is 1730. The molecule has 3 aromatic carbocycles. The normalized spacial score (nSPS) is 24.1. The van der Waals surface area contributed by atoms with E-state index in [0.29, 0.717) is 48.0 Å². The van der Waals surface area contributed by atoms with E-state index < -0.39 is 48.1 Å². The van der Waals surface area contributed by atoms with E-state index in [1.165, 1.54) is 4.90 Å². The Kier molecular flexibility index (Phi) is 10.5. The molecule has 262 valence electrons. The zero-order valence-corrected chi connectivity index (χ0v) is 29.3. The van der Waals surface area contributed by atoms with Crippen LogP contribution in [0.5, 0.6) is 5.75 Å². The van der Waals surface area contributed by atoms with E-state index in [-0.39, 0.29) is 24.9 Å². The summed E-state index contributed by atoms with van der Waals surface area (Å²) in [6.07, 6.45) is 3.90. The van der Waals surface area contributed by atoms with Crippen LogP contribution >= 0.6 is 11.6 Å². The predicted octanol–water partition coefficient (Wildman–Crippen LogP) is 5.76. The smallest absolute Gasteiger partial charge is 0.253 e. The first-order chi connectivity index (χ1) is 24.2. The van der Waals surface area contributed by atoms with Crippen molar-refractivity contribution >= 4 is 40.7 Å². The summed E-state index contributed by atoms with van der Waals surface area (Å²) >= 11 is 6.73. The van der Waals surface area contributed by atoms with Crippen molar-refractivity contribution in [2.75, 3.05) is 36.1 Å². The van der Waals surface area contributed by atoms with Gasteiger partial charge in [-0.1, -0.05) is 66.2 Å². The van der Waals surface area contributed by atoms with Gasteiger partial charge in [0.1, 0.15) is 17.4 Å². The van der Waals surface area contributed by atoms with Crippen LogP contribution in [0.4, 0.5) is 11.4 Å². The Hall–Kier alpha value is -4.44. The van der Waals surface area contributed by atoms with Gasteiger partial charge >= 0.3 is 0 Å². The number of amides is 3. The van der Waals surface area contributed by atoms with E-state index in [4.69, 9.17) is 21.1 Å². The van der Waals surface area contributed by atoms with Crippen LogP contribution in [0, 0.1) is 18.8 Å². The first-order valence-corrected chi connectivity index (χ1v) is 17.6. The van der Waals surface area contributed by atoms with Crippen molar-refractivity contribution in [3.8, 4) is 5.75 Å². The maximum Gasteiger partial charge on any atom is 0.253 e. The number of aryl methyl sites for hydroxylation is 1. The lowest BCUT2D eigenvalue weighted by Gasteiger charge is -2.39. The second-order valence-electron chi connectivity index (χ2n) is 13.1. The highest BCUT2D eigenvalue weighted by Gasteiger charge is 2.75. The zero-order chi connectivity index (χ0) is 35.6. The second kappa shape index (κ2) is 14.8. The Morgan fingerprint density at radius 3 is 2.38 bits per heavy atom. The molecule has 10 heteroatoms. The molecule has 3 aliphatic rings. The summed E-state index contributed by atoms with van der Waals surface area (Å²) in [6, 6.07) is 20.3. The number of ether oxygens (including phenoxy) is 2. The summed E-state index contributed by atoms with van der Waals surface area (Å²) in [4.78, 5) is 49.5. The van der Waals surface area contributed by atoms with Crippen molar-refractivity contribution in [2.24, 2.45) is 11.8 Å². The monoisotopic (exact) mass is 697 g/mol. The molecule has 1 N–H and O–H groups in total. The van der Waals surface area contributed by atoms with Gasteiger partial charge in [-0.15, -0.1) is 13.2 Å². The van der Waals surface area contributed by atoms with E-state index in [1.807, 2.05) is 68.4 Å². The number of aliphatic hydroxyl groups excluding tert-OH is 1. The van der Waals surface area contributed by atoms with Crippen LogP contribution in [-0.4, -0.2) is 77.8 Å². The minimum Gasteiger partial charge on any atom is -0.494 e. The number of carbonyl (C=O) groups is 3. The Morgan fingerprint density at radius 2 is 1.74 bits per heavy atom. The van der Waals surface area contributed by atoms with Crippen LogP contribution in [-0.2, 0) is 25.5 Å². The third-order valence-electron chi connectivity index (χ3n) is 10.2. The highest BCUT2D eigenvalue weighted by Crippen LogP contribution is 2.59. The van der Waals surface area contributed by atoms with E-state index in [2.05, 4.69) is 13.2 Å². The minimum atomic E-state index is -1.30. The first kappa shape index (κ1) is 35.4. The summed E-state index contributed by atoms with van der Waals surface area (Å²) < 4.78 is 12.4. The van der Waals surface area contributed by atoms with Gasteiger partial charge in [0, 0.05) is 18.8 Å². The number of aliphatic hydroxyl groups is 1. The summed E-state index contributed by atoms with van der Waals surface area (Å²) in [7, 11) is 0. The van der Waals surface area contributed by atoms with Crippen molar-refractivity contribution in [3.63, 3.8) is 0 Å². The molecule has 3 aromatic rings. The lowest BCUT2D eigenvalue weighted by atomic mass is 9.70. The lowest BCUT2D eigenvalue weighted by molar-refractivity contribution is -0.144. The van der Waals surface area contributed by atoms with Gasteiger partial charge in [-0.05, 0) is 74.6 Å². The fourth-order valence-corrected chi connectivity index (χ4v) is 8.56. The zero-order valence-electron chi connectivity index (χ0n) is 28.5. The summed E-state index contributed by atoms with van der Waals surface area (Å²) in [5, 5.41) is 11.3. The minimum absolute atomic E-state index is 0.127. The molecule has 0 saturated carbocycles. The quantitative estimate of drug-likeness (QED) is 0.215. The Balaban J connectivity index is 1.45. The molecule has 3 aliphatic heterocycles. The van der Waals surface area contributed by atoms with Crippen LogP contribution in [0.15, 0.2) is 98.1 Å². The molecular weight excluding hydrogens is 654 g/mol. The Labute approximate surface area is 298 Å². The topological polar surface area (TPSA) is 99.6 Å². The number of anilines is 2. The van der Waals surface area contributed by atoms with Crippen molar-refractivity contribution in [2.45, 2.75) is 56.9 Å². The largest absolute Gasteiger partial charge is 0.494 e. The number of nitrogens with zero attached hydrogens (tertiary/aromatic N) is 3. The van der Waals surface area contributed by atoms with Gasteiger partial charge in [0.05, 0.1) is 47.9 Å². The van der Waals surface area contributed by atoms with Crippen molar-refractivity contribution in [3.05, 3.63) is 114 Å². The molecule has 2 unspecified atom stereocenters. The van der Waals surface area contributed by atoms with Gasteiger partial charge in [0.25, 0.3) is 5.91 Å². The van der Waals surface area contributed by atoms with Crippen LogP contribution in [0.2, 0.25) is 5.02 Å². The maximum atomic E-state index is 15.2. The predicted molar refractivity (Wildman–Crippen MR) is 194 cm³/mol.